The van der Waals surface area contributed by atoms with Gasteiger partial charge in [-0.1, -0.05) is 12.1 Å². The van der Waals surface area contributed by atoms with Crippen LogP contribution in [0.25, 0.3) is 0 Å². The number of carbonyl (C=O) groups excluding carboxylic acids is 1. The lowest BCUT2D eigenvalue weighted by Gasteiger charge is -2.12. The third-order valence-corrected chi connectivity index (χ3v) is 4.31. The fourth-order valence-corrected chi connectivity index (χ4v) is 2.86. The maximum absolute atomic E-state index is 12.0. The zero-order valence-corrected chi connectivity index (χ0v) is 20.4. The van der Waals surface area contributed by atoms with Gasteiger partial charge in [-0.25, -0.2) is 4.99 Å². The summed E-state index contributed by atoms with van der Waals surface area (Å²) in [4.78, 5) is 18.2. The molecule has 8 heteroatoms. The lowest BCUT2D eigenvalue weighted by Crippen LogP contribution is -2.38. The highest BCUT2D eigenvalue weighted by Crippen LogP contribution is 2.07. The van der Waals surface area contributed by atoms with E-state index in [2.05, 4.69) is 40.6 Å². The number of amides is 1. The first-order chi connectivity index (χ1) is 13.4. The Morgan fingerprint density at radius 2 is 1.86 bits per heavy atom. The zero-order valence-electron chi connectivity index (χ0n) is 18.0. The number of aliphatic imine (C=N–C) groups is 1. The molecule has 0 atom stereocenters. The molecule has 0 radical (unpaired) electrons. The summed E-state index contributed by atoms with van der Waals surface area (Å²) in [5.41, 5.74) is 4.00. The van der Waals surface area contributed by atoms with Gasteiger partial charge in [0.2, 0.25) is 0 Å². The van der Waals surface area contributed by atoms with Crippen LogP contribution in [0.5, 0.6) is 0 Å². The lowest BCUT2D eigenvalue weighted by atomic mass is 10.1. The van der Waals surface area contributed by atoms with Gasteiger partial charge in [0.15, 0.2) is 5.96 Å². The minimum absolute atomic E-state index is 0. The van der Waals surface area contributed by atoms with E-state index in [9.17, 15) is 4.79 Å². The van der Waals surface area contributed by atoms with E-state index in [0.29, 0.717) is 12.1 Å². The van der Waals surface area contributed by atoms with Crippen LogP contribution in [0.15, 0.2) is 35.3 Å². The van der Waals surface area contributed by atoms with Crippen LogP contribution in [0.2, 0.25) is 0 Å². The SMILES string of the molecule is CCNC(=NCc1ccc(C(=O)N(C)C)cc1)NCCCn1nc(C)cc1C.I. The van der Waals surface area contributed by atoms with Gasteiger partial charge in [-0.2, -0.15) is 5.10 Å². The second-order valence-electron chi connectivity index (χ2n) is 7.02. The molecule has 0 spiro atoms. The highest BCUT2D eigenvalue weighted by Gasteiger charge is 2.07. The van der Waals surface area contributed by atoms with Crippen LogP contribution < -0.4 is 10.6 Å². The van der Waals surface area contributed by atoms with Crippen molar-refractivity contribution in [1.82, 2.24) is 25.3 Å². The molecule has 160 valence electrons. The van der Waals surface area contributed by atoms with E-state index in [1.54, 1.807) is 19.0 Å². The number of carbonyl (C=O) groups is 1. The Morgan fingerprint density at radius 3 is 2.41 bits per heavy atom. The Balaban J connectivity index is 0.00000420. The van der Waals surface area contributed by atoms with Crippen LogP contribution in [0, 0.1) is 13.8 Å². The van der Waals surface area contributed by atoms with Crippen LogP contribution in [0.4, 0.5) is 0 Å². The van der Waals surface area contributed by atoms with Gasteiger partial charge in [0.05, 0.1) is 12.2 Å². The Hall–Kier alpha value is -2.10. The zero-order chi connectivity index (χ0) is 20.5. The van der Waals surface area contributed by atoms with Gasteiger partial charge in [0.1, 0.15) is 0 Å². The summed E-state index contributed by atoms with van der Waals surface area (Å²) < 4.78 is 2.04. The number of hydrogen-bond acceptors (Lipinski definition) is 3. The summed E-state index contributed by atoms with van der Waals surface area (Å²) in [7, 11) is 3.51. The topological polar surface area (TPSA) is 74.6 Å². The van der Waals surface area contributed by atoms with E-state index >= 15 is 0 Å². The van der Waals surface area contributed by atoms with Crippen molar-refractivity contribution in [2.75, 3.05) is 27.2 Å². The number of nitrogens with zero attached hydrogens (tertiary/aromatic N) is 4. The van der Waals surface area contributed by atoms with Crippen LogP contribution in [-0.4, -0.2) is 53.7 Å². The molecule has 0 aliphatic rings. The molecule has 0 aliphatic carbocycles. The molecule has 1 aromatic heterocycles. The average molecular weight is 512 g/mol. The van der Waals surface area contributed by atoms with Crippen molar-refractivity contribution >= 4 is 35.8 Å². The molecule has 1 amide bonds. The molecule has 0 bridgehead atoms. The van der Waals surface area contributed by atoms with Gasteiger partial charge in [0.25, 0.3) is 5.91 Å². The van der Waals surface area contributed by atoms with E-state index in [0.717, 1.165) is 43.3 Å². The van der Waals surface area contributed by atoms with Crippen molar-refractivity contribution in [3.8, 4) is 0 Å². The van der Waals surface area contributed by atoms with E-state index < -0.39 is 0 Å². The van der Waals surface area contributed by atoms with Crippen molar-refractivity contribution in [3.05, 3.63) is 52.8 Å². The summed E-state index contributed by atoms with van der Waals surface area (Å²) in [5, 5.41) is 11.1. The van der Waals surface area contributed by atoms with Crippen molar-refractivity contribution < 1.29 is 4.79 Å². The normalized spacial score (nSPS) is 11.0. The first-order valence-corrected chi connectivity index (χ1v) is 9.74. The van der Waals surface area contributed by atoms with E-state index in [1.807, 2.05) is 35.9 Å². The molecular weight excluding hydrogens is 479 g/mol. The maximum atomic E-state index is 12.0. The molecule has 0 saturated heterocycles. The molecule has 1 aromatic carbocycles. The monoisotopic (exact) mass is 512 g/mol. The molecule has 2 aromatic rings. The van der Waals surface area contributed by atoms with E-state index in [-0.39, 0.29) is 29.9 Å². The molecule has 0 aliphatic heterocycles. The molecule has 2 rings (SSSR count). The summed E-state index contributed by atoms with van der Waals surface area (Å²) in [6.45, 7) is 9.21. The van der Waals surface area contributed by atoms with Crippen LogP contribution in [-0.2, 0) is 13.1 Å². The summed E-state index contributed by atoms with van der Waals surface area (Å²) >= 11 is 0. The maximum Gasteiger partial charge on any atom is 0.253 e. The first kappa shape index (κ1) is 24.9. The van der Waals surface area contributed by atoms with E-state index in [1.165, 1.54) is 5.69 Å². The van der Waals surface area contributed by atoms with Crippen molar-refractivity contribution in [1.29, 1.82) is 0 Å². The summed E-state index contributed by atoms with van der Waals surface area (Å²) in [6, 6.07) is 9.69. The number of aryl methyl sites for hydroxylation is 3. The van der Waals surface area contributed by atoms with Gasteiger partial charge in [-0.05, 0) is 51.0 Å². The van der Waals surface area contributed by atoms with Crippen molar-refractivity contribution in [2.45, 2.75) is 40.3 Å². The fourth-order valence-electron chi connectivity index (χ4n) is 2.86. The number of rotatable bonds is 8. The third kappa shape index (κ3) is 8.04. The smallest absolute Gasteiger partial charge is 0.253 e. The number of hydrogen-bond donors (Lipinski definition) is 2. The van der Waals surface area contributed by atoms with Crippen molar-refractivity contribution in [3.63, 3.8) is 0 Å². The molecular formula is C21H33IN6O. The molecule has 0 unspecified atom stereocenters. The summed E-state index contributed by atoms with van der Waals surface area (Å²) in [5.74, 6) is 0.803. The number of aromatic nitrogens is 2. The highest BCUT2D eigenvalue weighted by molar-refractivity contribution is 14.0. The van der Waals surface area contributed by atoms with Gasteiger partial charge in [0, 0.05) is 45.0 Å². The molecule has 7 nitrogen and oxygen atoms in total. The second-order valence-corrected chi connectivity index (χ2v) is 7.02. The summed E-state index contributed by atoms with van der Waals surface area (Å²) in [6.07, 6.45) is 0.966. The third-order valence-electron chi connectivity index (χ3n) is 4.31. The Labute approximate surface area is 191 Å². The average Bonchev–Trinajstić information content (AvgIpc) is 3.00. The number of guanidine groups is 1. The molecule has 0 fully saturated rings. The van der Waals surface area contributed by atoms with Gasteiger partial charge in [-0.15, -0.1) is 24.0 Å². The minimum atomic E-state index is 0. The Kier molecular flexibility index (Phi) is 10.7. The Bertz CT molecular complexity index is 798. The lowest BCUT2D eigenvalue weighted by molar-refractivity contribution is 0.0827. The van der Waals surface area contributed by atoms with E-state index in [4.69, 9.17) is 0 Å². The van der Waals surface area contributed by atoms with Gasteiger partial charge < -0.3 is 15.5 Å². The highest BCUT2D eigenvalue weighted by atomic mass is 127. The van der Waals surface area contributed by atoms with Gasteiger partial charge >= 0.3 is 0 Å². The quantitative estimate of drug-likeness (QED) is 0.247. The van der Waals surface area contributed by atoms with Crippen LogP contribution in [0.1, 0.15) is 40.7 Å². The predicted octanol–water partition coefficient (Wildman–Crippen LogP) is 2.97. The van der Waals surface area contributed by atoms with Gasteiger partial charge in [-0.3, -0.25) is 9.48 Å². The molecule has 29 heavy (non-hydrogen) atoms. The standard InChI is InChI=1S/C21H32N6O.HI/c1-6-22-21(23-12-7-13-27-17(3)14-16(2)25-27)24-15-18-8-10-19(11-9-18)20(28)26(4)5;/h8-11,14H,6-7,12-13,15H2,1-5H3,(H2,22,23,24);1H. The molecule has 1 heterocycles. The van der Waals surface area contributed by atoms with Crippen LogP contribution >= 0.6 is 24.0 Å². The van der Waals surface area contributed by atoms with Crippen LogP contribution in [0.3, 0.4) is 0 Å². The predicted molar refractivity (Wildman–Crippen MR) is 129 cm³/mol. The largest absolute Gasteiger partial charge is 0.357 e. The fraction of sp³-hybridized carbons (Fsp3) is 0.476. The number of benzene rings is 1. The molecule has 2 N–H and O–H groups in total. The van der Waals surface area contributed by atoms with Crippen molar-refractivity contribution in [2.24, 2.45) is 4.99 Å². The number of halogens is 1. The second kappa shape index (κ2) is 12.5. The Morgan fingerprint density at radius 1 is 1.17 bits per heavy atom. The minimum Gasteiger partial charge on any atom is -0.357 e. The number of nitrogens with one attached hydrogen (secondary N) is 2. The first-order valence-electron chi connectivity index (χ1n) is 9.74. The molecule has 0 saturated carbocycles.